The number of hydrogen-bond acceptors (Lipinski definition) is 9. The average Bonchev–Trinajstić information content (AvgIpc) is 3.29. The summed E-state index contributed by atoms with van der Waals surface area (Å²) < 4.78 is 22.2. The van der Waals surface area contributed by atoms with Crippen molar-refractivity contribution >= 4 is 28.4 Å². The number of aromatic nitrogens is 5. The SMILES string of the molecule is Cn1ncc2ccc(Nc3ncnc(-c4ccc(OC5CCN(C(=O)CO)CC5F)c(C#N)c4)n3)cc21. The molecular weight excluding hydrogens is 479 g/mol. The van der Waals surface area contributed by atoms with Crippen LogP contribution in [0.1, 0.15) is 12.0 Å². The van der Waals surface area contributed by atoms with Crippen LogP contribution in [0.2, 0.25) is 0 Å². The molecule has 1 saturated heterocycles. The van der Waals surface area contributed by atoms with Gasteiger partial charge in [0.25, 0.3) is 0 Å². The maximum atomic E-state index is 14.7. The number of benzene rings is 2. The summed E-state index contributed by atoms with van der Waals surface area (Å²) >= 11 is 0. The fourth-order valence-corrected chi connectivity index (χ4v) is 4.21. The number of amides is 1. The summed E-state index contributed by atoms with van der Waals surface area (Å²) in [5, 5.41) is 27.1. The number of carbonyl (C=O) groups excluding carboxylic acids is 1. The number of nitriles is 1. The zero-order valence-electron chi connectivity index (χ0n) is 19.9. The molecule has 2 N–H and O–H groups in total. The Morgan fingerprint density at radius 3 is 2.95 bits per heavy atom. The standard InChI is InChI=1S/C25H23FN8O3/c1-33-20-9-18(4-2-16(20)11-30-33)31-25-29-14-28-24(32-25)15-3-5-21(17(8-15)10-27)37-22-6-7-34(12-19(22)26)23(36)13-35/h2-5,8-9,11,14,19,22,35H,6-7,12-13H2,1H3,(H,28,29,31,32). The number of alkyl halides is 1. The molecule has 2 aromatic heterocycles. The molecular formula is C25H23FN8O3. The van der Waals surface area contributed by atoms with E-state index in [-0.39, 0.29) is 30.8 Å². The van der Waals surface area contributed by atoms with E-state index in [4.69, 9.17) is 9.84 Å². The van der Waals surface area contributed by atoms with Crippen molar-refractivity contribution in [2.45, 2.75) is 18.7 Å². The van der Waals surface area contributed by atoms with Crippen molar-refractivity contribution in [3.05, 3.63) is 54.5 Å². The van der Waals surface area contributed by atoms with Gasteiger partial charge in [0, 0.05) is 36.7 Å². The Balaban J connectivity index is 1.32. The van der Waals surface area contributed by atoms with Gasteiger partial charge in [-0.25, -0.2) is 14.4 Å². The third kappa shape index (κ3) is 5.03. The lowest BCUT2D eigenvalue weighted by atomic mass is 10.0. The number of anilines is 2. The number of halogens is 1. The number of carbonyl (C=O) groups is 1. The zero-order chi connectivity index (χ0) is 25.9. The Labute approximate surface area is 211 Å². The molecule has 188 valence electrons. The van der Waals surface area contributed by atoms with E-state index in [9.17, 15) is 14.4 Å². The summed E-state index contributed by atoms with van der Waals surface area (Å²) in [5.74, 6) is 0.390. The van der Waals surface area contributed by atoms with Gasteiger partial charge in [0.05, 0.1) is 23.8 Å². The number of piperidine rings is 1. The number of ether oxygens (including phenoxy) is 1. The Morgan fingerprint density at radius 2 is 2.16 bits per heavy atom. The van der Waals surface area contributed by atoms with E-state index < -0.39 is 24.8 Å². The molecule has 1 aliphatic rings. The minimum Gasteiger partial charge on any atom is -0.486 e. The summed E-state index contributed by atoms with van der Waals surface area (Å²) in [6, 6.07) is 12.7. The van der Waals surface area contributed by atoms with Crippen molar-refractivity contribution in [1.82, 2.24) is 29.6 Å². The number of hydrogen-bond donors (Lipinski definition) is 2. The Bertz CT molecular complexity index is 1500. The number of aryl methyl sites for hydroxylation is 1. The quantitative estimate of drug-likeness (QED) is 0.406. The van der Waals surface area contributed by atoms with Gasteiger partial charge in [-0.3, -0.25) is 9.48 Å². The van der Waals surface area contributed by atoms with E-state index in [0.29, 0.717) is 17.3 Å². The Hall–Kier alpha value is -4.63. The van der Waals surface area contributed by atoms with Gasteiger partial charge in [-0.05, 0) is 36.4 Å². The van der Waals surface area contributed by atoms with Gasteiger partial charge in [0.15, 0.2) is 12.0 Å². The first-order valence-electron chi connectivity index (χ1n) is 11.6. The fourth-order valence-electron chi connectivity index (χ4n) is 4.21. The topological polar surface area (TPSA) is 142 Å². The lowest BCUT2D eigenvalue weighted by molar-refractivity contribution is -0.138. The molecule has 5 rings (SSSR count). The van der Waals surface area contributed by atoms with Crippen molar-refractivity contribution in [3.63, 3.8) is 0 Å². The third-order valence-corrected chi connectivity index (χ3v) is 6.18. The number of fused-ring (bicyclic) bond motifs is 1. The number of likely N-dealkylation sites (tertiary alicyclic amines) is 1. The molecule has 0 bridgehead atoms. The number of aliphatic hydroxyl groups is 1. The van der Waals surface area contributed by atoms with Gasteiger partial charge in [0.2, 0.25) is 11.9 Å². The summed E-state index contributed by atoms with van der Waals surface area (Å²) in [4.78, 5) is 25.8. The van der Waals surface area contributed by atoms with Gasteiger partial charge >= 0.3 is 0 Å². The molecule has 2 aromatic carbocycles. The van der Waals surface area contributed by atoms with E-state index in [1.165, 1.54) is 11.2 Å². The lowest BCUT2D eigenvalue weighted by Gasteiger charge is -2.34. The number of nitrogens with one attached hydrogen (secondary N) is 1. The predicted molar refractivity (Wildman–Crippen MR) is 132 cm³/mol. The highest BCUT2D eigenvalue weighted by molar-refractivity contribution is 5.83. The molecule has 0 saturated carbocycles. The summed E-state index contributed by atoms with van der Waals surface area (Å²) in [6.45, 7) is -0.566. The predicted octanol–water partition coefficient (Wildman–Crippen LogP) is 2.35. The molecule has 2 atom stereocenters. The normalized spacial score (nSPS) is 17.4. The number of aliphatic hydroxyl groups excluding tert-OH is 1. The average molecular weight is 503 g/mol. The first-order valence-corrected chi connectivity index (χ1v) is 11.6. The second-order valence-corrected chi connectivity index (χ2v) is 8.58. The Morgan fingerprint density at radius 1 is 1.30 bits per heavy atom. The molecule has 3 heterocycles. The molecule has 0 spiro atoms. The van der Waals surface area contributed by atoms with Crippen LogP contribution in [0.3, 0.4) is 0 Å². The molecule has 37 heavy (non-hydrogen) atoms. The summed E-state index contributed by atoms with van der Waals surface area (Å²) in [5.41, 5.74) is 2.50. The van der Waals surface area contributed by atoms with Crippen LogP contribution in [0, 0.1) is 11.3 Å². The van der Waals surface area contributed by atoms with Gasteiger partial charge in [-0.15, -0.1) is 0 Å². The largest absolute Gasteiger partial charge is 0.486 e. The van der Waals surface area contributed by atoms with Crippen LogP contribution in [0.15, 0.2) is 48.9 Å². The second-order valence-electron chi connectivity index (χ2n) is 8.58. The minimum atomic E-state index is -1.45. The van der Waals surface area contributed by atoms with Crippen molar-refractivity contribution in [1.29, 1.82) is 5.26 Å². The molecule has 4 aromatic rings. The molecule has 0 aliphatic carbocycles. The van der Waals surface area contributed by atoms with Crippen molar-refractivity contribution < 1.29 is 19.0 Å². The third-order valence-electron chi connectivity index (χ3n) is 6.18. The van der Waals surface area contributed by atoms with Crippen LogP contribution in [0.4, 0.5) is 16.0 Å². The summed E-state index contributed by atoms with van der Waals surface area (Å²) in [6.07, 6.45) is 1.14. The zero-order valence-corrected chi connectivity index (χ0v) is 19.9. The van der Waals surface area contributed by atoms with Gasteiger partial charge in [-0.1, -0.05) is 0 Å². The molecule has 2 unspecified atom stereocenters. The van der Waals surface area contributed by atoms with Crippen molar-refractivity contribution in [2.75, 3.05) is 25.0 Å². The first kappa shape index (κ1) is 24.1. The van der Waals surface area contributed by atoms with E-state index in [2.05, 4.69) is 31.4 Å². The highest BCUT2D eigenvalue weighted by Gasteiger charge is 2.33. The minimum absolute atomic E-state index is 0.168. The van der Waals surface area contributed by atoms with Gasteiger partial charge in [-0.2, -0.15) is 15.3 Å². The maximum absolute atomic E-state index is 14.7. The lowest BCUT2D eigenvalue weighted by Crippen LogP contribution is -2.50. The maximum Gasteiger partial charge on any atom is 0.248 e. The second kappa shape index (κ2) is 10.2. The van der Waals surface area contributed by atoms with E-state index in [1.54, 1.807) is 29.1 Å². The molecule has 1 fully saturated rings. The van der Waals surface area contributed by atoms with E-state index in [1.807, 2.05) is 25.2 Å². The van der Waals surface area contributed by atoms with Crippen LogP contribution < -0.4 is 10.1 Å². The molecule has 1 aliphatic heterocycles. The molecule has 0 radical (unpaired) electrons. The molecule has 1 amide bonds. The number of rotatable bonds is 6. The van der Waals surface area contributed by atoms with Crippen molar-refractivity contribution in [2.24, 2.45) is 7.05 Å². The van der Waals surface area contributed by atoms with Crippen LogP contribution in [-0.4, -0.2) is 72.6 Å². The van der Waals surface area contributed by atoms with Crippen LogP contribution in [0.5, 0.6) is 5.75 Å². The van der Waals surface area contributed by atoms with Crippen molar-refractivity contribution in [3.8, 4) is 23.2 Å². The fraction of sp³-hybridized carbons (Fsp3) is 0.280. The monoisotopic (exact) mass is 502 g/mol. The Kier molecular flexibility index (Phi) is 6.61. The molecule has 12 heteroatoms. The van der Waals surface area contributed by atoms with Crippen LogP contribution in [-0.2, 0) is 11.8 Å². The summed E-state index contributed by atoms with van der Waals surface area (Å²) in [7, 11) is 1.86. The van der Waals surface area contributed by atoms with Gasteiger partial charge < -0.3 is 20.1 Å². The van der Waals surface area contributed by atoms with Crippen LogP contribution in [0.25, 0.3) is 22.3 Å². The number of nitrogens with zero attached hydrogens (tertiary/aromatic N) is 7. The smallest absolute Gasteiger partial charge is 0.248 e. The first-order chi connectivity index (χ1) is 17.9. The van der Waals surface area contributed by atoms with E-state index in [0.717, 1.165) is 16.6 Å². The van der Waals surface area contributed by atoms with Crippen LogP contribution >= 0.6 is 0 Å². The highest BCUT2D eigenvalue weighted by atomic mass is 19.1. The molecule has 11 nitrogen and oxygen atoms in total. The highest BCUT2D eigenvalue weighted by Crippen LogP contribution is 2.28. The van der Waals surface area contributed by atoms with E-state index >= 15 is 0 Å². The van der Waals surface area contributed by atoms with Gasteiger partial charge in [0.1, 0.15) is 30.9 Å².